The number of likely N-dealkylation sites (N-methyl/N-ethyl adjacent to an activating group) is 1. The maximum atomic E-state index is 13.3. The van der Waals surface area contributed by atoms with E-state index in [0.29, 0.717) is 24.6 Å². The Labute approximate surface area is 190 Å². The van der Waals surface area contributed by atoms with Gasteiger partial charge in [0.15, 0.2) is 11.5 Å². The number of fused-ring (bicyclic) bond motifs is 1. The van der Waals surface area contributed by atoms with Crippen molar-refractivity contribution in [1.29, 1.82) is 0 Å². The van der Waals surface area contributed by atoms with Crippen LogP contribution in [0.5, 0.6) is 11.5 Å². The monoisotopic (exact) mass is 461 g/mol. The van der Waals surface area contributed by atoms with Crippen LogP contribution in [0.4, 0.5) is 5.69 Å². The smallest absolute Gasteiger partial charge is 0.288 e. The molecule has 1 atom stereocenters. The molecule has 2 amide bonds. The highest BCUT2D eigenvalue weighted by Crippen LogP contribution is 2.33. The largest absolute Gasteiger partial charge is 0.454 e. The first-order valence-corrected chi connectivity index (χ1v) is 10.5. The second-order valence-corrected chi connectivity index (χ2v) is 8.07. The molecule has 0 spiro atoms. The third kappa shape index (κ3) is 5.11. The van der Waals surface area contributed by atoms with E-state index in [-0.39, 0.29) is 34.9 Å². The first-order valence-electron chi connectivity index (χ1n) is 10.1. The molecule has 9 nitrogen and oxygen atoms in total. The van der Waals surface area contributed by atoms with Crippen LogP contribution in [0.3, 0.4) is 0 Å². The number of nitro benzene ring substituents is 1. The fourth-order valence-corrected chi connectivity index (χ4v) is 3.52. The molecule has 0 saturated heterocycles. The van der Waals surface area contributed by atoms with Gasteiger partial charge < -0.3 is 19.7 Å². The van der Waals surface area contributed by atoms with Crippen molar-refractivity contribution in [3.05, 3.63) is 62.7 Å². The highest BCUT2D eigenvalue weighted by Gasteiger charge is 2.29. The summed E-state index contributed by atoms with van der Waals surface area (Å²) in [7, 11) is 0. The molecule has 0 aromatic heterocycles. The molecule has 1 N–H and O–H groups in total. The van der Waals surface area contributed by atoms with Crippen molar-refractivity contribution in [2.24, 2.45) is 5.92 Å². The second-order valence-electron chi connectivity index (χ2n) is 7.66. The van der Waals surface area contributed by atoms with Crippen LogP contribution in [0.15, 0.2) is 36.4 Å². The fraction of sp³-hybridized carbons (Fsp3) is 0.364. The first-order chi connectivity index (χ1) is 15.2. The molecule has 0 aliphatic carbocycles. The first kappa shape index (κ1) is 23.3. The van der Waals surface area contributed by atoms with Gasteiger partial charge in [-0.2, -0.15) is 0 Å². The molecular weight excluding hydrogens is 438 g/mol. The van der Waals surface area contributed by atoms with E-state index in [2.05, 4.69) is 5.32 Å². The summed E-state index contributed by atoms with van der Waals surface area (Å²) in [5.74, 6) is 0.240. The molecule has 1 heterocycles. The lowest BCUT2D eigenvalue weighted by atomic mass is 10.0. The van der Waals surface area contributed by atoms with Crippen molar-refractivity contribution < 1.29 is 24.0 Å². The number of rotatable bonds is 8. The van der Waals surface area contributed by atoms with Crippen LogP contribution < -0.4 is 14.8 Å². The Morgan fingerprint density at radius 3 is 2.56 bits per heavy atom. The van der Waals surface area contributed by atoms with Crippen LogP contribution in [-0.2, 0) is 11.3 Å². The zero-order chi connectivity index (χ0) is 23.4. The van der Waals surface area contributed by atoms with E-state index >= 15 is 0 Å². The molecule has 2 aromatic carbocycles. The number of hydrogen-bond donors (Lipinski definition) is 1. The number of ether oxygens (including phenoxy) is 2. The third-order valence-corrected chi connectivity index (χ3v) is 5.45. The number of carbonyl (C=O) groups excluding carboxylic acids is 2. The lowest BCUT2D eigenvalue weighted by Gasteiger charge is -2.29. The van der Waals surface area contributed by atoms with Crippen molar-refractivity contribution in [2.75, 3.05) is 13.3 Å². The molecule has 0 saturated carbocycles. The summed E-state index contributed by atoms with van der Waals surface area (Å²) < 4.78 is 10.7. The second kappa shape index (κ2) is 9.86. The molecule has 3 rings (SSSR count). The van der Waals surface area contributed by atoms with Crippen molar-refractivity contribution >= 4 is 29.1 Å². The predicted octanol–water partition coefficient (Wildman–Crippen LogP) is 3.78. The Hall–Kier alpha value is -3.33. The summed E-state index contributed by atoms with van der Waals surface area (Å²) in [6.45, 7) is 6.42. The van der Waals surface area contributed by atoms with E-state index in [1.54, 1.807) is 11.0 Å². The Morgan fingerprint density at radius 2 is 1.91 bits per heavy atom. The van der Waals surface area contributed by atoms with Crippen molar-refractivity contribution in [3.8, 4) is 11.5 Å². The molecule has 2 aromatic rings. The van der Waals surface area contributed by atoms with E-state index in [4.69, 9.17) is 21.1 Å². The van der Waals surface area contributed by atoms with Gasteiger partial charge in [-0.25, -0.2) is 0 Å². The Kier molecular flexibility index (Phi) is 7.19. The van der Waals surface area contributed by atoms with Crippen LogP contribution in [-0.4, -0.2) is 41.0 Å². The van der Waals surface area contributed by atoms with Crippen LogP contribution in [0, 0.1) is 16.0 Å². The summed E-state index contributed by atoms with van der Waals surface area (Å²) in [5.41, 5.74) is 0.551. The minimum Gasteiger partial charge on any atom is -0.454 e. The minimum atomic E-state index is -0.814. The maximum Gasteiger partial charge on any atom is 0.288 e. The normalized spacial score (nSPS) is 13.0. The van der Waals surface area contributed by atoms with Gasteiger partial charge in [-0.05, 0) is 42.7 Å². The molecule has 10 heteroatoms. The number of hydrogen-bond acceptors (Lipinski definition) is 6. The number of nitrogens with zero attached hydrogens (tertiary/aromatic N) is 2. The zero-order valence-corrected chi connectivity index (χ0v) is 18.7. The average molecular weight is 462 g/mol. The van der Waals surface area contributed by atoms with Gasteiger partial charge in [-0.3, -0.25) is 19.7 Å². The summed E-state index contributed by atoms with van der Waals surface area (Å²) >= 11 is 5.82. The van der Waals surface area contributed by atoms with E-state index < -0.39 is 16.9 Å². The number of halogens is 1. The van der Waals surface area contributed by atoms with E-state index in [9.17, 15) is 19.7 Å². The topological polar surface area (TPSA) is 111 Å². The van der Waals surface area contributed by atoms with Gasteiger partial charge in [0, 0.05) is 24.7 Å². The molecular formula is C22H24ClN3O6. The Morgan fingerprint density at radius 1 is 1.19 bits per heavy atom. The molecule has 0 unspecified atom stereocenters. The summed E-state index contributed by atoms with van der Waals surface area (Å²) in [6, 6.07) is 8.45. The van der Waals surface area contributed by atoms with Gasteiger partial charge in [-0.15, -0.1) is 0 Å². The molecule has 170 valence electrons. The van der Waals surface area contributed by atoms with Crippen molar-refractivity contribution in [3.63, 3.8) is 0 Å². The average Bonchev–Trinajstić information content (AvgIpc) is 3.23. The third-order valence-electron chi connectivity index (χ3n) is 5.13. The number of carbonyl (C=O) groups is 2. The predicted molar refractivity (Wildman–Crippen MR) is 118 cm³/mol. The lowest BCUT2D eigenvalue weighted by Crippen LogP contribution is -2.51. The highest BCUT2D eigenvalue weighted by atomic mass is 35.5. The number of nitrogens with one attached hydrogen (secondary N) is 1. The summed E-state index contributed by atoms with van der Waals surface area (Å²) in [6.07, 6.45) is 0. The van der Waals surface area contributed by atoms with E-state index in [1.807, 2.05) is 32.9 Å². The minimum absolute atomic E-state index is 0.0540. The molecule has 0 radical (unpaired) electrons. The van der Waals surface area contributed by atoms with Gasteiger partial charge in [-0.1, -0.05) is 31.5 Å². The molecule has 32 heavy (non-hydrogen) atoms. The van der Waals surface area contributed by atoms with Gasteiger partial charge >= 0.3 is 0 Å². The van der Waals surface area contributed by atoms with E-state index in [1.165, 1.54) is 12.1 Å². The van der Waals surface area contributed by atoms with Gasteiger partial charge in [0.1, 0.15) is 11.1 Å². The lowest BCUT2D eigenvalue weighted by molar-refractivity contribution is -0.384. The standard InChI is InChI=1S/C22H24ClN3O6/c1-4-25(11-14-5-8-18-19(9-14)32-12-31-18)22(28)20(13(2)3)24-21(27)15-6-7-16(23)17(10-15)26(29)30/h5-10,13,20H,4,11-12H2,1-3H3,(H,24,27)/t20-/m0/s1. The van der Waals surface area contributed by atoms with Gasteiger partial charge in [0.25, 0.3) is 11.6 Å². The SMILES string of the molecule is CCN(Cc1ccc2c(c1)OCO2)C(=O)[C@@H](NC(=O)c1ccc(Cl)c([N+](=O)[O-])c1)C(C)C. The molecule has 0 fully saturated rings. The van der Waals surface area contributed by atoms with Gasteiger partial charge in [0.2, 0.25) is 12.7 Å². The van der Waals surface area contributed by atoms with Crippen LogP contribution in [0.1, 0.15) is 36.7 Å². The highest BCUT2D eigenvalue weighted by molar-refractivity contribution is 6.32. The zero-order valence-electron chi connectivity index (χ0n) is 18.0. The van der Waals surface area contributed by atoms with Crippen LogP contribution in [0.25, 0.3) is 0 Å². The number of amides is 2. The van der Waals surface area contributed by atoms with Gasteiger partial charge in [0.05, 0.1) is 4.92 Å². The molecule has 1 aliphatic rings. The Balaban J connectivity index is 1.76. The van der Waals surface area contributed by atoms with Crippen molar-refractivity contribution in [2.45, 2.75) is 33.4 Å². The summed E-state index contributed by atoms with van der Waals surface area (Å²) in [5, 5.41) is 13.8. The number of benzene rings is 2. The Bertz CT molecular complexity index is 1040. The number of nitro groups is 1. The fourth-order valence-electron chi connectivity index (χ4n) is 3.33. The quantitative estimate of drug-likeness (QED) is 0.473. The van der Waals surface area contributed by atoms with Crippen molar-refractivity contribution in [1.82, 2.24) is 10.2 Å². The van der Waals surface area contributed by atoms with Crippen LogP contribution >= 0.6 is 11.6 Å². The maximum absolute atomic E-state index is 13.3. The molecule has 1 aliphatic heterocycles. The van der Waals surface area contributed by atoms with E-state index in [0.717, 1.165) is 11.6 Å². The summed E-state index contributed by atoms with van der Waals surface area (Å²) in [4.78, 5) is 38.1. The molecule has 0 bridgehead atoms. The van der Waals surface area contributed by atoms with Crippen LogP contribution in [0.2, 0.25) is 5.02 Å².